The van der Waals surface area contributed by atoms with E-state index in [1.807, 2.05) is 24.3 Å². The SMILES string of the molecule is c1ccc(-c2ccc(-c3cc(-c4ccc(-c5cccc(-c6ccc(-c7cc(-c8ccc(-c9ccccc9)cc8)nc(-c8ccc(-c9ccccc9)cc8)n7)cc6)c5)cc4)nc(-c4ccc(-c5ccccc5)cc4)n3)cc2)cc1. The fourth-order valence-corrected chi connectivity index (χ4v) is 10.1. The van der Waals surface area contributed by atoms with Crippen molar-refractivity contribution in [3.8, 4) is 135 Å². The maximum absolute atomic E-state index is 5.20. The molecule has 0 saturated carbocycles. The Kier molecular flexibility index (Phi) is 13.0. The van der Waals surface area contributed by atoms with Gasteiger partial charge in [-0.1, -0.05) is 285 Å². The van der Waals surface area contributed by atoms with E-state index in [4.69, 9.17) is 19.9 Å². The third-order valence-corrected chi connectivity index (χ3v) is 14.4. The van der Waals surface area contributed by atoms with Gasteiger partial charge in [-0.05, 0) is 85.0 Å². The Hall–Kier alpha value is -10.4. The molecule has 366 valence electrons. The van der Waals surface area contributed by atoms with Crippen LogP contribution >= 0.6 is 0 Å². The van der Waals surface area contributed by atoms with Crippen LogP contribution in [0.2, 0.25) is 0 Å². The summed E-state index contributed by atoms with van der Waals surface area (Å²) in [5.41, 5.74) is 23.3. The number of hydrogen-bond donors (Lipinski definition) is 0. The molecule has 0 N–H and O–H groups in total. The molecule has 0 unspecified atom stereocenters. The van der Waals surface area contributed by atoms with Gasteiger partial charge in [-0.3, -0.25) is 0 Å². The highest BCUT2D eigenvalue weighted by Gasteiger charge is 2.15. The zero-order valence-corrected chi connectivity index (χ0v) is 42.7. The standard InChI is InChI=1S/C74H50N4/c1-5-14-51(15-6-1)55-24-36-61(37-25-55)69-49-71(77-73(75-69)65-44-32-57(33-45-65)53-18-9-3-10-19-53)63-40-28-59(29-41-63)67-22-13-23-68(48-67)60-30-42-64(43-31-60)72-50-70(62-38-26-56(27-39-62)52-16-7-2-8-17-52)76-74(78-72)66-46-34-58(35-47-66)54-20-11-4-12-21-54/h1-50H. The molecule has 0 bridgehead atoms. The molecule has 78 heavy (non-hydrogen) atoms. The minimum absolute atomic E-state index is 0.681. The lowest BCUT2D eigenvalue weighted by Gasteiger charge is -2.12. The van der Waals surface area contributed by atoms with Crippen molar-refractivity contribution in [2.75, 3.05) is 0 Å². The van der Waals surface area contributed by atoms with Crippen molar-refractivity contribution in [3.63, 3.8) is 0 Å². The Morgan fingerprint density at radius 1 is 0.128 bits per heavy atom. The van der Waals surface area contributed by atoms with Gasteiger partial charge in [-0.2, -0.15) is 0 Å². The van der Waals surface area contributed by atoms with Gasteiger partial charge < -0.3 is 0 Å². The Bertz CT molecular complexity index is 3670. The molecule has 4 heteroatoms. The second-order valence-corrected chi connectivity index (χ2v) is 19.4. The van der Waals surface area contributed by atoms with Crippen molar-refractivity contribution in [1.29, 1.82) is 0 Å². The molecule has 0 radical (unpaired) electrons. The number of nitrogens with zero attached hydrogens (tertiary/aromatic N) is 4. The van der Waals surface area contributed by atoms with Crippen molar-refractivity contribution >= 4 is 0 Å². The van der Waals surface area contributed by atoms with Gasteiger partial charge in [0, 0.05) is 33.4 Å². The average molecular weight is 995 g/mol. The van der Waals surface area contributed by atoms with E-state index >= 15 is 0 Å². The first-order valence-corrected chi connectivity index (χ1v) is 26.3. The molecular weight excluding hydrogens is 945 g/mol. The molecule has 0 saturated heterocycles. The number of hydrogen-bond acceptors (Lipinski definition) is 4. The van der Waals surface area contributed by atoms with Gasteiger partial charge in [-0.15, -0.1) is 0 Å². The predicted octanol–water partition coefficient (Wildman–Crippen LogP) is 19.3. The Morgan fingerprint density at radius 3 is 0.551 bits per heavy atom. The summed E-state index contributed by atoms with van der Waals surface area (Å²) in [6.07, 6.45) is 0. The highest BCUT2D eigenvalue weighted by atomic mass is 14.9. The number of benzene rings is 11. The summed E-state index contributed by atoms with van der Waals surface area (Å²) in [5, 5.41) is 0. The molecule has 11 aromatic carbocycles. The summed E-state index contributed by atoms with van der Waals surface area (Å²) >= 11 is 0. The van der Waals surface area contributed by atoms with Crippen LogP contribution in [-0.4, -0.2) is 19.9 Å². The molecule has 2 aromatic heterocycles. The summed E-state index contributed by atoms with van der Waals surface area (Å²) in [7, 11) is 0. The summed E-state index contributed by atoms with van der Waals surface area (Å²) in [4.78, 5) is 20.7. The van der Waals surface area contributed by atoms with Crippen LogP contribution in [0.3, 0.4) is 0 Å². The highest BCUT2D eigenvalue weighted by Crippen LogP contribution is 2.35. The van der Waals surface area contributed by atoms with E-state index in [2.05, 4.69) is 279 Å². The van der Waals surface area contributed by atoms with Gasteiger partial charge in [0.25, 0.3) is 0 Å². The largest absolute Gasteiger partial charge is 0.228 e. The minimum Gasteiger partial charge on any atom is -0.228 e. The van der Waals surface area contributed by atoms with E-state index in [9.17, 15) is 0 Å². The fraction of sp³-hybridized carbons (Fsp3) is 0. The molecule has 0 amide bonds. The first kappa shape index (κ1) is 47.3. The quantitative estimate of drug-likeness (QED) is 0.122. The second kappa shape index (κ2) is 21.4. The minimum atomic E-state index is 0.681. The number of rotatable bonds is 12. The van der Waals surface area contributed by atoms with Crippen molar-refractivity contribution in [1.82, 2.24) is 19.9 Å². The zero-order chi connectivity index (χ0) is 52.0. The van der Waals surface area contributed by atoms with Crippen LogP contribution in [0.1, 0.15) is 0 Å². The molecule has 0 fully saturated rings. The smallest absolute Gasteiger partial charge is 0.160 e. The van der Waals surface area contributed by atoms with Crippen LogP contribution in [0.5, 0.6) is 0 Å². The van der Waals surface area contributed by atoms with Gasteiger partial charge in [-0.25, -0.2) is 19.9 Å². The molecule has 2 heterocycles. The third-order valence-electron chi connectivity index (χ3n) is 14.4. The zero-order valence-electron chi connectivity index (χ0n) is 42.7. The normalized spacial score (nSPS) is 11.1. The Labute approximate surface area is 455 Å². The molecule has 4 nitrogen and oxygen atoms in total. The van der Waals surface area contributed by atoms with Crippen molar-refractivity contribution in [2.45, 2.75) is 0 Å². The van der Waals surface area contributed by atoms with E-state index in [0.29, 0.717) is 11.6 Å². The topological polar surface area (TPSA) is 51.6 Å². The summed E-state index contributed by atoms with van der Waals surface area (Å²) in [5.74, 6) is 1.36. The van der Waals surface area contributed by atoms with Gasteiger partial charge in [0.2, 0.25) is 0 Å². The molecule has 0 spiro atoms. The summed E-state index contributed by atoms with van der Waals surface area (Å²) in [6.45, 7) is 0. The van der Waals surface area contributed by atoms with Crippen LogP contribution in [0.25, 0.3) is 135 Å². The van der Waals surface area contributed by atoms with E-state index in [1.54, 1.807) is 0 Å². The molecule has 0 atom stereocenters. The number of aromatic nitrogens is 4. The van der Waals surface area contributed by atoms with Crippen LogP contribution < -0.4 is 0 Å². The van der Waals surface area contributed by atoms with Gasteiger partial charge in [0.15, 0.2) is 11.6 Å². The Balaban J connectivity index is 0.789. The van der Waals surface area contributed by atoms with E-state index < -0.39 is 0 Å². The lowest BCUT2D eigenvalue weighted by molar-refractivity contribution is 1.18. The Morgan fingerprint density at radius 2 is 0.308 bits per heavy atom. The predicted molar refractivity (Wildman–Crippen MR) is 323 cm³/mol. The molecule has 0 aliphatic rings. The molecule has 13 aromatic rings. The van der Waals surface area contributed by atoms with Crippen LogP contribution in [0, 0.1) is 0 Å². The second-order valence-electron chi connectivity index (χ2n) is 19.4. The molecule has 0 aliphatic heterocycles. The molecule has 13 rings (SSSR count). The molecular formula is C74H50N4. The van der Waals surface area contributed by atoms with Crippen LogP contribution in [0.4, 0.5) is 0 Å². The summed E-state index contributed by atoms with van der Waals surface area (Å²) in [6, 6.07) is 107. The monoisotopic (exact) mass is 994 g/mol. The highest BCUT2D eigenvalue weighted by molar-refractivity contribution is 5.81. The summed E-state index contributed by atoms with van der Waals surface area (Å²) < 4.78 is 0. The average Bonchev–Trinajstić information content (AvgIpc) is 3.54. The van der Waals surface area contributed by atoms with E-state index in [0.717, 1.165) is 101 Å². The lowest BCUT2D eigenvalue weighted by Crippen LogP contribution is -1.96. The fourth-order valence-electron chi connectivity index (χ4n) is 10.1. The molecule has 0 aliphatic carbocycles. The van der Waals surface area contributed by atoms with Crippen molar-refractivity contribution in [2.24, 2.45) is 0 Å². The first-order valence-electron chi connectivity index (χ1n) is 26.3. The lowest BCUT2D eigenvalue weighted by atomic mass is 9.96. The first-order chi connectivity index (χ1) is 38.6. The van der Waals surface area contributed by atoms with Crippen molar-refractivity contribution in [3.05, 3.63) is 303 Å². The third kappa shape index (κ3) is 10.2. The van der Waals surface area contributed by atoms with Crippen LogP contribution in [0.15, 0.2) is 303 Å². The van der Waals surface area contributed by atoms with E-state index in [-0.39, 0.29) is 0 Å². The van der Waals surface area contributed by atoms with Crippen LogP contribution in [-0.2, 0) is 0 Å². The van der Waals surface area contributed by atoms with Crippen molar-refractivity contribution < 1.29 is 0 Å². The van der Waals surface area contributed by atoms with Gasteiger partial charge in [0.05, 0.1) is 22.8 Å². The van der Waals surface area contributed by atoms with Gasteiger partial charge >= 0.3 is 0 Å². The van der Waals surface area contributed by atoms with Gasteiger partial charge in [0.1, 0.15) is 0 Å². The van der Waals surface area contributed by atoms with E-state index in [1.165, 1.54) is 22.3 Å². The maximum atomic E-state index is 5.20. The maximum Gasteiger partial charge on any atom is 0.160 e.